The summed E-state index contributed by atoms with van der Waals surface area (Å²) in [4.78, 5) is 0.711. The molecule has 4 aromatic carbocycles. The zero-order valence-corrected chi connectivity index (χ0v) is 50.2. The Morgan fingerprint density at radius 2 is 0.912 bits per heavy atom. The van der Waals surface area contributed by atoms with Gasteiger partial charge in [0.2, 0.25) is 24.0 Å². The average molecular weight is 1140 g/mol. The van der Waals surface area contributed by atoms with Crippen molar-refractivity contribution in [2.45, 2.75) is 114 Å². The second-order valence-corrected chi connectivity index (χ2v) is 29.6. The summed E-state index contributed by atoms with van der Waals surface area (Å²) in [7, 11) is -2.77. The van der Waals surface area contributed by atoms with Crippen LogP contribution in [0.15, 0.2) is 169 Å². The topological polar surface area (TPSA) is 104 Å². The molecule has 0 saturated heterocycles. The summed E-state index contributed by atoms with van der Waals surface area (Å²) in [6.45, 7) is 18.8. The van der Waals surface area contributed by atoms with Crippen LogP contribution < -0.4 is 18.3 Å². The van der Waals surface area contributed by atoms with Crippen molar-refractivity contribution >= 4 is 63.1 Å². The van der Waals surface area contributed by atoms with E-state index in [2.05, 4.69) is 201 Å². The molecule has 12 nitrogen and oxygen atoms in total. The molecule has 2 aliphatic heterocycles. The summed E-state index contributed by atoms with van der Waals surface area (Å²) >= 11 is 0. The summed E-state index contributed by atoms with van der Waals surface area (Å²) in [5.41, 5.74) is 15.5. The molecule has 0 radical (unpaired) electrons. The molecule has 0 saturated carbocycles. The molecular weight excluding hydrogens is 1070 g/mol. The number of rotatable bonds is 19. The highest BCUT2D eigenvalue weighted by atomic mass is 33.1. The first kappa shape index (κ1) is 53.9. The van der Waals surface area contributed by atoms with Gasteiger partial charge in [-0.25, -0.2) is 35.1 Å². The number of benzene rings is 4. The fourth-order valence-electron chi connectivity index (χ4n) is 12.7. The third-order valence-electron chi connectivity index (χ3n) is 16.9. The van der Waals surface area contributed by atoms with E-state index in [0.29, 0.717) is 9.79 Å². The molecule has 0 bridgehead atoms. The SMILES string of the molecule is Cc1c(-c2cc[n+]3c(c2)C(C)(C)c2cc(S(C)(=O)=O)ccc2-3)c2ccccc2n1CCC[n+]1ccn(CCSSCCn2cc[n+](CCCn3c(C)c(-c4cc[n+]5c(c4)C(C)(C)c4cc(S(C)(=O)=O)ccc4-5)c4ccccc43)c2)c1. The van der Waals surface area contributed by atoms with Gasteiger partial charge >= 0.3 is 0 Å². The molecule has 0 fully saturated rings. The second-order valence-electron chi connectivity index (χ2n) is 22.9. The van der Waals surface area contributed by atoms with Gasteiger partial charge in [-0.15, -0.1) is 0 Å². The van der Waals surface area contributed by atoms with E-state index in [-0.39, 0.29) is 10.8 Å². The summed E-state index contributed by atoms with van der Waals surface area (Å²) < 4.78 is 68.6. The molecule has 8 heterocycles. The van der Waals surface area contributed by atoms with Crippen molar-refractivity contribution < 1.29 is 35.1 Å². The van der Waals surface area contributed by atoms with Crippen molar-refractivity contribution in [3.05, 3.63) is 193 Å². The summed E-state index contributed by atoms with van der Waals surface area (Å²) in [6.07, 6.45) is 22.1. The zero-order chi connectivity index (χ0) is 55.9. The van der Waals surface area contributed by atoms with Gasteiger partial charge in [0.25, 0.3) is 0 Å². The minimum atomic E-state index is -3.32. The molecule has 0 amide bonds. The van der Waals surface area contributed by atoms with E-state index in [9.17, 15) is 16.8 Å². The summed E-state index contributed by atoms with van der Waals surface area (Å²) in [5, 5.41) is 2.49. The Hall–Kier alpha value is -6.72. The van der Waals surface area contributed by atoms with Gasteiger partial charge in [0.15, 0.2) is 43.5 Å². The summed E-state index contributed by atoms with van der Waals surface area (Å²) in [6, 6.07) is 37.5. The predicted octanol–water partition coefficient (Wildman–Crippen LogP) is 10.6. The van der Waals surface area contributed by atoms with E-state index in [1.807, 2.05) is 45.9 Å². The number of hydrogen-bond acceptors (Lipinski definition) is 6. The fraction of sp³-hybridized carbons (Fsp3) is 0.312. The molecule has 0 aliphatic carbocycles. The number of sulfone groups is 2. The maximum Gasteiger partial charge on any atom is 0.243 e. The number of aryl methyl sites for hydroxylation is 6. The number of imidazole rings is 2. The van der Waals surface area contributed by atoms with Gasteiger partial charge in [-0.3, -0.25) is 0 Å². The predicted molar refractivity (Wildman–Crippen MR) is 321 cm³/mol. The zero-order valence-electron chi connectivity index (χ0n) is 46.9. The fourth-order valence-corrected chi connectivity index (χ4v) is 15.9. The van der Waals surface area contributed by atoms with Crippen molar-refractivity contribution in [1.82, 2.24) is 18.3 Å². The molecule has 0 atom stereocenters. The normalized spacial score (nSPS) is 14.2. The Morgan fingerprint density at radius 1 is 0.500 bits per heavy atom. The molecule has 0 N–H and O–H groups in total. The molecule has 2 aliphatic rings. The quantitative estimate of drug-likeness (QED) is 0.0454. The smallest absolute Gasteiger partial charge is 0.243 e. The number of pyridine rings is 2. The number of nitrogens with zero attached hydrogens (tertiary/aromatic N) is 8. The van der Waals surface area contributed by atoms with Gasteiger partial charge in [0, 0.05) is 142 Å². The first-order valence-electron chi connectivity index (χ1n) is 27.6. The van der Waals surface area contributed by atoms with Gasteiger partial charge in [0.05, 0.1) is 46.8 Å². The van der Waals surface area contributed by atoms with Gasteiger partial charge in [0.1, 0.15) is 24.8 Å². The van der Waals surface area contributed by atoms with Crippen molar-refractivity contribution in [3.63, 3.8) is 0 Å². The van der Waals surface area contributed by atoms with E-state index in [1.54, 1.807) is 12.1 Å². The molecule has 0 spiro atoms. The number of para-hydroxylation sites is 2. The first-order chi connectivity index (χ1) is 38.3. The van der Waals surface area contributed by atoms with Crippen molar-refractivity contribution in [2.24, 2.45) is 0 Å². The van der Waals surface area contributed by atoms with Crippen LogP contribution in [0.5, 0.6) is 0 Å². The summed E-state index contributed by atoms with van der Waals surface area (Å²) in [5.74, 6) is 2.07. The van der Waals surface area contributed by atoms with Crippen molar-refractivity contribution in [1.29, 1.82) is 0 Å². The Morgan fingerprint density at radius 3 is 1.32 bits per heavy atom. The lowest BCUT2D eigenvalue weighted by molar-refractivity contribution is -0.697. The first-order valence-corrected chi connectivity index (χ1v) is 33.9. The monoisotopic (exact) mass is 1140 g/mol. The number of hydrogen-bond donors (Lipinski definition) is 0. The van der Waals surface area contributed by atoms with Crippen molar-refractivity contribution in [2.75, 3.05) is 24.0 Å². The van der Waals surface area contributed by atoms with Crippen LogP contribution >= 0.6 is 21.6 Å². The minimum Gasteiger partial charge on any atom is -0.344 e. The highest BCUT2D eigenvalue weighted by Gasteiger charge is 2.46. The average Bonchev–Trinajstić information content (AvgIpc) is 4.37. The third kappa shape index (κ3) is 9.72. The Labute approximate surface area is 478 Å². The molecule has 0 unspecified atom stereocenters. The third-order valence-corrected chi connectivity index (χ3v) is 21.5. The molecular formula is C64H70N8O4S4+4. The largest absolute Gasteiger partial charge is 0.344 e. The molecule has 6 aromatic heterocycles. The van der Waals surface area contributed by atoms with Crippen LogP contribution in [-0.4, -0.2) is 59.1 Å². The van der Waals surface area contributed by atoms with Crippen LogP contribution in [0.3, 0.4) is 0 Å². The van der Waals surface area contributed by atoms with Crippen LogP contribution in [0.1, 0.15) is 74.4 Å². The number of fused-ring (bicyclic) bond motifs is 8. The molecule has 10 aromatic rings. The Bertz CT molecular complexity index is 4040. The van der Waals surface area contributed by atoms with Gasteiger partial charge in [-0.1, -0.05) is 58.0 Å². The van der Waals surface area contributed by atoms with Crippen LogP contribution in [0.2, 0.25) is 0 Å². The molecule has 16 heteroatoms. The van der Waals surface area contributed by atoms with Gasteiger partial charge in [-0.05, 0) is 89.1 Å². The van der Waals surface area contributed by atoms with E-state index < -0.39 is 19.7 Å². The second kappa shape index (κ2) is 20.7. The van der Waals surface area contributed by atoms with Crippen LogP contribution in [0, 0.1) is 13.8 Å². The minimum absolute atomic E-state index is 0.356. The van der Waals surface area contributed by atoms with Gasteiger partial charge in [-0.2, -0.15) is 9.13 Å². The van der Waals surface area contributed by atoms with E-state index in [4.69, 9.17) is 0 Å². The van der Waals surface area contributed by atoms with E-state index in [1.165, 1.54) is 68.0 Å². The van der Waals surface area contributed by atoms with Crippen LogP contribution in [0.25, 0.3) is 55.4 Å². The molecule has 12 rings (SSSR count). The molecule has 80 heavy (non-hydrogen) atoms. The highest BCUT2D eigenvalue weighted by molar-refractivity contribution is 8.76. The lowest BCUT2D eigenvalue weighted by Crippen LogP contribution is -2.34. The maximum absolute atomic E-state index is 12.5. The molecule has 410 valence electrons. The number of aromatic nitrogens is 8. The lowest BCUT2D eigenvalue weighted by atomic mass is 9.82. The Balaban J connectivity index is 0.610. The van der Waals surface area contributed by atoms with Gasteiger partial charge < -0.3 is 9.13 Å². The standard InChI is InChI=1S/C64H70N8O4S4/c1-45-61(47-23-29-71-57-21-19-49(79(7,73)74)41-53(57)63(3,4)59(71)39-47)51-15-9-11-17-55(51)69(45)27-13-25-65-31-33-67(43-65)35-37-77-78-38-36-68-34-32-66(44-68)26-14-28-70-46(2)62(52-16-10-12-18-56(52)70)48-24-30-72-58-22-20-50(80(8,75)76)42-54(58)64(5,6)60(72)40-48/h9-12,15-24,29-34,39-44H,13-14,25-28,35-38H2,1-8H3/q+4. The highest BCUT2D eigenvalue weighted by Crippen LogP contribution is 2.44. The van der Waals surface area contributed by atoms with E-state index in [0.717, 1.165) is 97.5 Å². The van der Waals surface area contributed by atoms with Crippen LogP contribution in [0.4, 0.5) is 0 Å². The van der Waals surface area contributed by atoms with Crippen molar-refractivity contribution in [3.8, 4) is 33.6 Å². The van der Waals surface area contributed by atoms with E-state index >= 15 is 0 Å². The maximum atomic E-state index is 12.5. The van der Waals surface area contributed by atoms with Crippen LogP contribution in [-0.2, 0) is 69.8 Å². The Kier molecular flexibility index (Phi) is 13.9. The lowest BCUT2D eigenvalue weighted by Gasteiger charge is -2.15.